The monoisotopic (exact) mass is 348 g/mol. The Balaban J connectivity index is 0.00000220. The maximum atomic E-state index is 12.3. The summed E-state index contributed by atoms with van der Waals surface area (Å²) in [4.78, 5) is 0.255. The lowest BCUT2D eigenvalue weighted by molar-refractivity contribution is 0.578. The first-order chi connectivity index (χ1) is 9.56. The molecule has 21 heavy (non-hydrogen) atoms. The number of benzene rings is 2. The smallest absolute Gasteiger partial charge is 0.241 e. The van der Waals surface area contributed by atoms with E-state index in [9.17, 15) is 8.42 Å². The topological polar surface area (TPSA) is 72.2 Å². The van der Waals surface area contributed by atoms with Crippen molar-refractivity contribution in [2.75, 3.05) is 13.1 Å². The minimum Gasteiger partial charge on any atom is -0.330 e. The molecule has 0 saturated heterocycles. The van der Waals surface area contributed by atoms with Crippen molar-refractivity contribution < 1.29 is 8.42 Å². The summed E-state index contributed by atoms with van der Waals surface area (Å²) < 4.78 is 27.3. The number of nitrogens with one attached hydrogen (secondary N) is 1. The van der Waals surface area contributed by atoms with Crippen molar-refractivity contribution in [3.63, 3.8) is 0 Å². The lowest BCUT2D eigenvalue weighted by atomic mass is 10.1. The van der Waals surface area contributed by atoms with Crippen molar-refractivity contribution in [3.05, 3.63) is 41.4 Å². The van der Waals surface area contributed by atoms with E-state index in [-0.39, 0.29) is 17.3 Å². The Morgan fingerprint density at radius 3 is 2.43 bits per heavy atom. The van der Waals surface area contributed by atoms with Crippen LogP contribution in [-0.4, -0.2) is 21.5 Å². The van der Waals surface area contributed by atoms with Gasteiger partial charge < -0.3 is 5.73 Å². The predicted octanol–water partition coefficient (Wildman–Crippen LogP) is 2.93. The molecule has 0 aliphatic heterocycles. The summed E-state index contributed by atoms with van der Waals surface area (Å²) in [7, 11) is -3.53. The SMILES string of the molecule is Cl.NCCCCNS(=O)(=O)c1cccc2c(Cl)cccc12. The standard InChI is InChI=1S/C14H17ClN2O2S.ClH/c15-13-7-3-6-12-11(13)5-4-8-14(12)20(18,19)17-10-2-1-9-16;/h3-8,17H,1-2,9-10,16H2;1H. The Morgan fingerprint density at radius 1 is 1.05 bits per heavy atom. The van der Waals surface area contributed by atoms with Crippen molar-refractivity contribution in [1.82, 2.24) is 4.72 Å². The van der Waals surface area contributed by atoms with Gasteiger partial charge in [-0.3, -0.25) is 0 Å². The number of halogens is 2. The molecule has 4 nitrogen and oxygen atoms in total. The van der Waals surface area contributed by atoms with E-state index in [1.54, 1.807) is 30.3 Å². The molecule has 0 aliphatic carbocycles. The van der Waals surface area contributed by atoms with Crippen LogP contribution < -0.4 is 10.5 Å². The number of rotatable bonds is 6. The third-order valence-corrected chi connectivity index (χ3v) is 4.89. The second kappa shape index (κ2) is 7.96. The van der Waals surface area contributed by atoms with Crippen LogP contribution in [0.3, 0.4) is 0 Å². The summed E-state index contributed by atoms with van der Waals surface area (Å²) in [5, 5.41) is 1.91. The number of hydrogen-bond donors (Lipinski definition) is 2. The summed E-state index contributed by atoms with van der Waals surface area (Å²) in [6, 6.07) is 10.3. The van der Waals surface area contributed by atoms with Crippen molar-refractivity contribution in [1.29, 1.82) is 0 Å². The third kappa shape index (κ3) is 4.31. The molecule has 0 atom stereocenters. The Morgan fingerprint density at radius 2 is 1.71 bits per heavy atom. The fraction of sp³-hybridized carbons (Fsp3) is 0.286. The van der Waals surface area contributed by atoms with Crippen LogP contribution in [0.15, 0.2) is 41.3 Å². The van der Waals surface area contributed by atoms with E-state index in [2.05, 4.69) is 4.72 Å². The van der Waals surface area contributed by atoms with Gasteiger partial charge in [-0.15, -0.1) is 12.4 Å². The first-order valence-electron chi connectivity index (χ1n) is 6.43. The maximum Gasteiger partial charge on any atom is 0.241 e. The van der Waals surface area contributed by atoms with Gasteiger partial charge in [0.15, 0.2) is 0 Å². The van der Waals surface area contributed by atoms with Crippen LogP contribution in [-0.2, 0) is 10.0 Å². The molecule has 0 saturated carbocycles. The molecule has 116 valence electrons. The Bertz CT molecular complexity index is 705. The normalized spacial score (nSPS) is 11.3. The van der Waals surface area contributed by atoms with Crippen molar-refractivity contribution >= 4 is 44.8 Å². The summed E-state index contributed by atoms with van der Waals surface area (Å²) in [5.74, 6) is 0. The molecule has 0 heterocycles. The molecule has 2 rings (SSSR count). The van der Waals surface area contributed by atoms with E-state index in [0.717, 1.165) is 18.2 Å². The van der Waals surface area contributed by atoms with Crippen LogP contribution in [0.2, 0.25) is 5.02 Å². The van der Waals surface area contributed by atoms with Gasteiger partial charge in [0.05, 0.1) is 4.90 Å². The van der Waals surface area contributed by atoms with Gasteiger partial charge in [-0.05, 0) is 31.5 Å². The van der Waals surface area contributed by atoms with Gasteiger partial charge >= 0.3 is 0 Å². The van der Waals surface area contributed by atoms with Crippen molar-refractivity contribution in [2.24, 2.45) is 5.73 Å². The fourth-order valence-electron chi connectivity index (χ4n) is 2.03. The first kappa shape index (κ1) is 18.2. The summed E-state index contributed by atoms with van der Waals surface area (Å²) in [6.07, 6.45) is 1.52. The van der Waals surface area contributed by atoms with Crippen LogP contribution in [0.5, 0.6) is 0 Å². The molecule has 7 heteroatoms. The van der Waals surface area contributed by atoms with E-state index in [1.807, 2.05) is 6.07 Å². The van der Waals surface area contributed by atoms with Crippen LogP contribution in [0, 0.1) is 0 Å². The van der Waals surface area contributed by atoms with E-state index < -0.39 is 10.0 Å². The molecule has 2 aromatic carbocycles. The van der Waals surface area contributed by atoms with E-state index >= 15 is 0 Å². The quantitative estimate of drug-likeness (QED) is 0.788. The van der Waals surface area contributed by atoms with Crippen LogP contribution in [0.25, 0.3) is 10.8 Å². The maximum absolute atomic E-state index is 12.3. The number of fused-ring (bicyclic) bond motifs is 1. The highest BCUT2D eigenvalue weighted by atomic mass is 35.5. The molecule has 0 spiro atoms. The third-order valence-electron chi connectivity index (χ3n) is 3.04. The predicted molar refractivity (Wildman–Crippen MR) is 89.7 cm³/mol. The van der Waals surface area contributed by atoms with Crippen LogP contribution >= 0.6 is 24.0 Å². The largest absolute Gasteiger partial charge is 0.330 e. The highest BCUT2D eigenvalue weighted by Crippen LogP contribution is 2.28. The molecular weight excluding hydrogens is 331 g/mol. The first-order valence-corrected chi connectivity index (χ1v) is 8.29. The molecule has 0 bridgehead atoms. The van der Waals surface area contributed by atoms with Crippen molar-refractivity contribution in [2.45, 2.75) is 17.7 Å². The number of unbranched alkanes of at least 4 members (excludes halogenated alkanes) is 1. The van der Waals surface area contributed by atoms with E-state index in [0.29, 0.717) is 23.5 Å². The average Bonchev–Trinajstić information content (AvgIpc) is 2.43. The zero-order valence-electron chi connectivity index (χ0n) is 11.4. The van der Waals surface area contributed by atoms with Gasteiger partial charge in [0.25, 0.3) is 0 Å². The molecular formula is C14H18Cl2N2O2S. The Kier molecular flexibility index (Phi) is 6.90. The molecule has 0 fully saturated rings. The van der Waals surface area contributed by atoms with Gasteiger partial charge in [0, 0.05) is 22.3 Å². The minimum absolute atomic E-state index is 0. The summed E-state index contributed by atoms with van der Waals surface area (Å²) in [6.45, 7) is 0.947. The van der Waals surface area contributed by atoms with E-state index in [4.69, 9.17) is 17.3 Å². The van der Waals surface area contributed by atoms with Gasteiger partial charge in [0.2, 0.25) is 10.0 Å². The second-order valence-electron chi connectivity index (χ2n) is 4.48. The molecule has 0 aliphatic rings. The Hall–Kier alpha value is -0.850. The van der Waals surface area contributed by atoms with Gasteiger partial charge in [-0.25, -0.2) is 13.1 Å². The molecule has 0 amide bonds. The van der Waals surface area contributed by atoms with E-state index in [1.165, 1.54) is 0 Å². The summed E-state index contributed by atoms with van der Waals surface area (Å²) in [5.41, 5.74) is 5.39. The molecule has 0 unspecified atom stereocenters. The fourth-order valence-corrected chi connectivity index (χ4v) is 3.56. The number of hydrogen-bond acceptors (Lipinski definition) is 3. The zero-order valence-corrected chi connectivity index (χ0v) is 13.8. The number of sulfonamides is 1. The van der Waals surface area contributed by atoms with Gasteiger partial charge in [0.1, 0.15) is 0 Å². The average molecular weight is 349 g/mol. The second-order valence-corrected chi connectivity index (χ2v) is 6.63. The number of nitrogens with two attached hydrogens (primary N) is 1. The lowest BCUT2D eigenvalue weighted by Gasteiger charge is -2.10. The molecule has 0 aromatic heterocycles. The Labute approximate surface area is 136 Å². The molecule has 0 radical (unpaired) electrons. The summed E-state index contributed by atoms with van der Waals surface area (Å²) >= 11 is 6.10. The highest BCUT2D eigenvalue weighted by molar-refractivity contribution is 7.89. The minimum atomic E-state index is -3.53. The molecule has 3 N–H and O–H groups in total. The van der Waals surface area contributed by atoms with Crippen LogP contribution in [0.4, 0.5) is 0 Å². The van der Waals surface area contributed by atoms with Crippen LogP contribution in [0.1, 0.15) is 12.8 Å². The zero-order chi connectivity index (χ0) is 14.6. The highest BCUT2D eigenvalue weighted by Gasteiger charge is 2.17. The lowest BCUT2D eigenvalue weighted by Crippen LogP contribution is -2.25. The van der Waals surface area contributed by atoms with Gasteiger partial charge in [-0.1, -0.05) is 35.9 Å². The molecule has 2 aromatic rings. The van der Waals surface area contributed by atoms with Gasteiger partial charge in [-0.2, -0.15) is 0 Å². The van der Waals surface area contributed by atoms with Crippen molar-refractivity contribution in [3.8, 4) is 0 Å².